The van der Waals surface area contributed by atoms with E-state index in [2.05, 4.69) is 10.4 Å². The van der Waals surface area contributed by atoms with Gasteiger partial charge < -0.3 is 10.4 Å². The van der Waals surface area contributed by atoms with Crippen LogP contribution < -0.4 is 5.32 Å². The smallest absolute Gasteiger partial charge is 0.189 e. The molecule has 22 heavy (non-hydrogen) atoms. The Bertz CT molecular complexity index is 676. The largest absolute Gasteiger partial charge is 0.507 e. The fourth-order valence-corrected chi connectivity index (χ4v) is 2.02. The van der Waals surface area contributed by atoms with Crippen LogP contribution in [0.1, 0.15) is 11.1 Å². The van der Waals surface area contributed by atoms with Gasteiger partial charge in [-0.15, -0.1) is 0 Å². The maximum atomic E-state index is 9.72. The van der Waals surface area contributed by atoms with Gasteiger partial charge in [-0.2, -0.15) is 5.10 Å². The van der Waals surface area contributed by atoms with Gasteiger partial charge in [0.15, 0.2) is 5.11 Å². The van der Waals surface area contributed by atoms with Gasteiger partial charge >= 0.3 is 0 Å². The fraction of sp³-hybridized carbons (Fsp3) is 0.125. The van der Waals surface area contributed by atoms with Crippen molar-refractivity contribution in [3.05, 3.63) is 64.7 Å². The van der Waals surface area contributed by atoms with Crippen molar-refractivity contribution in [3.63, 3.8) is 0 Å². The molecule has 0 unspecified atom stereocenters. The van der Waals surface area contributed by atoms with Crippen molar-refractivity contribution in [2.24, 2.45) is 5.10 Å². The molecule has 4 nitrogen and oxygen atoms in total. The second kappa shape index (κ2) is 7.77. The zero-order valence-electron chi connectivity index (χ0n) is 12.0. The molecule has 2 rings (SSSR count). The normalized spacial score (nSPS) is 10.6. The number of phenols is 1. The van der Waals surface area contributed by atoms with Crippen LogP contribution in [0, 0.1) is 0 Å². The maximum Gasteiger partial charge on any atom is 0.189 e. The van der Waals surface area contributed by atoms with Gasteiger partial charge in [-0.3, -0.25) is 0 Å². The summed E-state index contributed by atoms with van der Waals surface area (Å²) in [6, 6.07) is 14.7. The summed E-state index contributed by atoms with van der Waals surface area (Å²) in [5.41, 5.74) is 1.67. The number of benzene rings is 2. The number of nitrogens with one attached hydrogen (secondary N) is 1. The topological polar surface area (TPSA) is 47.9 Å². The van der Waals surface area contributed by atoms with Crippen molar-refractivity contribution in [1.29, 1.82) is 0 Å². The summed E-state index contributed by atoms with van der Waals surface area (Å²) in [6.45, 7) is 0.627. The highest BCUT2D eigenvalue weighted by molar-refractivity contribution is 7.80. The van der Waals surface area contributed by atoms with Gasteiger partial charge in [-0.25, -0.2) is 5.01 Å². The molecule has 2 N–H and O–H groups in total. The van der Waals surface area contributed by atoms with E-state index in [1.807, 2.05) is 30.3 Å². The summed E-state index contributed by atoms with van der Waals surface area (Å²) in [5.74, 6) is 0.115. The Morgan fingerprint density at radius 1 is 1.32 bits per heavy atom. The highest BCUT2D eigenvalue weighted by Gasteiger charge is 2.03. The minimum atomic E-state index is 0.115. The van der Waals surface area contributed by atoms with E-state index in [9.17, 15) is 5.11 Å². The van der Waals surface area contributed by atoms with E-state index in [4.69, 9.17) is 23.8 Å². The molecule has 0 saturated heterocycles. The Morgan fingerprint density at radius 3 is 2.77 bits per heavy atom. The molecule has 0 bridgehead atoms. The number of nitrogens with zero attached hydrogens (tertiary/aromatic N) is 2. The predicted molar refractivity (Wildman–Crippen MR) is 94.4 cm³/mol. The van der Waals surface area contributed by atoms with Crippen LogP contribution >= 0.6 is 23.8 Å². The van der Waals surface area contributed by atoms with E-state index in [0.29, 0.717) is 22.2 Å². The first-order valence-corrected chi connectivity index (χ1v) is 7.43. The van der Waals surface area contributed by atoms with Crippen molar-refractivity contribution < 1.29 is 5.11 Å². The molecule has 0 aromatic heterocycles. The van der Waals surface area contributed by atoms with Crippen LogP contribution in [-0.4, -0.2) is 28.5 Å². The van der Waals surface area contributed by atoms with Crippen LogP contribution in [0.4, 0.5) is 0 Å². The Kier molecular flexibility index (Phi) is 5.75. The minimum Gasteiger partial charge on any atom is -0.507 e. The molecular formula is C16H16ClN3OS. The third kappa shape index (κ3) is 4.72. The fourth-order valence-electron chi connectivity index (χ4n) is 1.72. The number of phenolic OH excluding ortho intramolecular Hbond substituents is 1. The summed E-state index contributed by atoms with van der Waals surface area (Å²) in [4.78, 5) is 0. The predicted octanol–water partition coefficient (Wildman–Crippen LogP) is 3.39. The molecule has 0 radical (unpaired) electrons. The lowest BCUT2D eigenvalue weighted by atomic mass is 10.2. The van der Waals surface area contributed by atoms with E-state index in [-0.39, 0.29) is 5.75 Å². The number of halogens is 1. The molecule has 0 spiro atoms. The van der Waals surface area contributed by atoms with Crippen LogP contribution in [-0.2, 0) is 6.54 Å². The van der Waals surface area contributed by atoms with E-state index >= 15 is 0 Å². The molecule has 6 heteroatoms. The minimum absolute atomic E-state index is 0.115. The van der Waals surface area contributed by atoms with Crippen molar-refractivity contribution in [2.75, 3.05) is 7.05 Å². The first-order chi connectivity index (χ1) is 10.6. The van der Waals surface area contributed by atoms with Crippen molar-refractivity contribution in [3.8, 4) is 5.75 Å². The summed E-state index contributed by atoms with van der Waals surface area (Å²) in [7, 11) is 1.73. The van der Waals surface area contributed by atoms with E-state index in [1.54, 1.807) is 19.2 Å². The number of hydrazone groups is 1. The second-order valence-corrected chi connectivity index (χ2v) is 5.44. The number of aromatic hydroxyl groups is 1. The van der Waals surface area contributed by atoms with Crippen LogP contribution in [0.15, 0.2) is 53.6 Å². The molecule has 0 amide bonds. The number of hydrogen-bond acceptors (Lipinski definition) is 3. The molecule has 0 aliphatic rings. The van der Waals surface area contributed by atoms with Gasteiger partial charge in [0.2, 0.25) is 0 Å². The first kappa shape index (κ1) is 16.3. The molecular weight excluding hydrogens is 318 g/mol. The SMILES string of the molecule is CN(/N=C/c1cc(Cl)ccc1O)C(=S)NCc1ccccc1. The Labute approximate surface area is 140 Å². The number of rotatable bonds is 4. The van der Waals surface area contributed by atoms with Gasteiger partial charge in [0.1, 0.15) is 5.75 Å². The zero-order chi connectivity index (χ0) is 15.9. The van der Waals surface area contributed by atoms with Crippen LogP contribution in [0.3, 0.4) is 0 Å². The van der Waals surface area contributed by atoms with Gasteiger partial charge in [0.25, 0.3) is 0 Å². The lowest BCUT2D eigenvalue weighted by molar-refractivity contribution is 0.474. The quantitative estimate of drug-likeness (QED) is 0.511. The van der Waals surface area contributed by atoms with Crippen molar-refractivity contribution >= 4 is 35.1 Å². The molecule has 2 aromatic rings. The molecule has 0 aliphatic carbocycles. The second-order valence-electron chi connectivity index (χ2n) is 4.62. The van der Waals surface area contributed by atoms with E-state index in [0.717, 1.165) is 5.56 Å². The Morgan fingerprint density at radius 2 is 2.05 bits per heavy atom. The lowest BCUT2D eigenvalue weighted by Gasteiger charge is -2.15. The highest BCUT2D eigenvalue weighted by atomic mass is 35.5. The van der Waals surface area contributed by atoms with Crippen molar-refractivity contribution in [1.82, 2.24) is 10.3 Å². The average Bonchev–Trinajstić information content (AvgIpc) is 2.54. The number of hydrogen-bond donors (Lipinski definition) is 2. The Hall–Kier alpha value is -2.11. The third-order valence-corrected chi connectivity index (χ3v) is 3.58. The van der Waals surface area contributed by atoms with Gasteiger partial charge in [0, 0.05) is 24.2 Å². The molecule has 0 atom stereocenters. The highest BCUT2D eigenvalue weighted by Crippen LogP contribution is 2.19. The first-order valence-electron chi connectivity index (χ1n) is 6.64. The lowest BCUT2D eigenvalue weighted by Crippen LogP contribution is -2.33. The van der Waals surface area contributed by atoms with E-state index in [1.165, 1.54) is 17.3 Å². The average molecular weight is 334 g/mol. The molecule has 2 aromatic carbocycles. The summed E-state index contributed by atoms with van der Waals surface area (Å²) in [6.07, 6.45) is 1.51. The number of thiocarbonyl (C=S) groups is 1. The van der Waals surface area contributed by atoms with E-state index < -0.39 is 0 Å². The molecule has 0 saturated carbocycles. The molecule has 0 heterocycles. The van der Waals surface area contributed by atoms with Crippen LogP contribution in [0.2, 0.25) is 5.02 Å². The molecule has 0 fully saturated rings. The summed E-state index contributed by atoms with van der Waals surface area (Å²) < 4.78 is 0. The summed E-state index contributed by atoms with van der Waals surface area (Å²) in [5, 5.41) is 19.6. The molecule has 114 valence electrons. The van der Waals surface area contributed by atoms with Gasteiger partial charge in [-0.05, 0) is 36.0 Å². The zero-order valence-corrected chi connectivity index (χ0v) is 13.6. The summed E-state index contributed by atoms with van der Waals surface area (Å²) >= 11 is 11.2. The standard InChI is InChI=1S/C16H16ClN3OS/c1-20(16(22)18-10-12-5-3-2-4-6-12)19-11-13-9-14(17)7-8-15(13)21/h2-9,11,21H,10H2,1H3,(H,18,22)/b19-11+. The van der Waals surface area contributed by atoms with Crippen LogP contribution in [0.5, 0.6) is 5.75 Å². The van der Waals surface area contributed by atoms with Gasteiger partial charge in [-0.1, -0.05) is 41.9 Å². The van der Waals surface area contributed by atoms with Crippen molar-refractivity contribution in [2.45, 2.75) is 6.54 Å². The Balaban J connectivity index is 1.93. The monoisotopic (exact) mass is 333 g/mol. The maximum absolute atomic E-state index is 9.72. The van der Waals surface area contributed by atoms with Crippen LogP contribution in [0.25, 0.3) is 0 Å². The molecule has 0 aliphatic heterocycles. The van der Waals surface area contributed by atoms with Gasteiger partial charge in [0.05, 0.1) is 6.21 Å². The third-order valence-electron chi connectivity index (χ3n) is 2.94.